The SMILES string of the molecule is c1csc([C@@H]2CCCN2Cc2nnnn2C2CC2)c1. The van der Waals surface area contributed by atoms with Gasteiger partial charge in [-0.2, -0.15) is 0 Å². The number of rotatable bonds is 4. The van der Waals surface area contributed by atoms with Crippen molar-refractivity contribution in [2.45, 2.75) is 44.3 Å². The molecule has 2 aromatic heterocycles. The molecule has 100 valence electrons. The fourth-order valence-electron chi connectivity index (χ4n) is 2.92. The summed E-state index contributed by atoms with van der Waals surface area (Å²) in [5.74, 6) is 1.03. The lowest BCUT2D eigenvalue weighted by molar-refractivity contribution is 0.240. The van der Waals surface area contributed by atoms with Crippen molar-refractivity contribution < 1.29 is 0 Å². The smallest absolute Gasteiger partial charge is 0.165 e. The van der Waals surface area contributed by atoms with Gasteiger partial charge in [-0.05, 0) is 54.1 Å². The van der Waals surface area contributed by atoms with Crippen molar-refractivity contribution >= 4 is 11.3 Å². The second-order valence-electron chi connectivity index (χ2n) is 5.41. The van der Waals surface area contributed by atoms with Gasteiger partial charge in [-0.25, -0.2) is 4.68 Å². The fraction of sp³-hybridized carbons (Fsp3) is 0.615. The lowest BCUT2D eigenvalue weighted by Crippen LogP contribution is -2.24. The van der Waals surface area contributed by atoms with Gasteiger partial charge in [0.05, 0.1) is 12.6 Å². The summed E-state index contributed by atoms with van der Waals surface area (Å²) in [4.78, 5) is 4.00. The molecular weight excluding hydrogens is 258 g/mol. The minimum atomic E-state index is 0.560. The summed E-state index contributed by atoms with van der Waals surface area (Å²) in [6.07, 6.45) is 4.98. The quantitative estimate of drug-likeness (QED) is 0.859. The number of aromatic nitrogens is 4. The number of likely N-dealkylation sites (tertiary alicyclic amines) is 1. The van der Waals surface area contributed by atoms with E-state index in [4.69, 9.17) is 0 Å². The Balaban J connectivity index is 1.53. The highest BCUT2D eigenvalue weighted by Gasteiger charge is 2.31. The lowest BCUT2D eigenvalue weighted by Gasteiger charge is -2.22. The van der Waals surface area contributed by atoms with Crippen LogP contribution in [-0.2, 0) is 6.54 Å². The minimum Gasteiger partial charge on any atom is -0.288 e. The van der Waals surface area contributed by atoms with Crippen molar-refractivity contribution in [2.24, 2.45) is 0 Å². The number of thiophene rings is 1. The second kappa shape index (κ2) is 4.68. The highest BCUT2D eigenvalue weighted by Crippen LogP contribution is 2.37. The highest BCUT2D eigenvalue weighted by atomic mass is 32.1. The number of hydrogen-bond acceptors (Lipinski definition) is 5. The van der Waals surface area contributed by atoms with Gasteiger partial charge in [0.15, 0.2) is 5.82 Å². The summed E-state index contributed by atoms with van der Waals surface area (Å²) >= 11 is 1.86. The Morgan fingerprint density at radius 2 is 2.26 bits per heavy atom. The molecule has 6 heteroatoms. The zero-order valence-corrected chi connectivity index (χ0v) is 11.6. The van der Waals surface area contributed by atoms with Crippen LogP contribution < -0.4 is 0 Å². The molecule has 0 radical (unpaired) electrons. The number of tetrazole rings is 1. The van der Waals surface area contributed by atoms with E-state index in [-0.39, 0.29) is 0 Å². The molecule has 2 fully saturated rings. The van der Waals surface area contributed by atoms with Gasteiger partial charge in [0, 0.05) is 10.9 Å². The summed E-state index contributed by atoms with van der Waals surface area (Å²) in [6, 6.07) is 5.51. The summed E-state index contributed by atoms with van der Waals surface area (Å²) in [5, 5.41) is 14.4. The van der Waals surface area contributed by atoms with Crippen LogP contribution in [0.1, 0.15) is 48.5 Å². The zero-order valence-electron chi connectivity index (χ0n) is 10.8. The molecule has 19 heavy (non-hydrogen) atoms. The van der Waals surface area contributed by atoms with E-state index in [0.29, 0.717) is 12.1 Å². The maximum absolute atomic E-state index is 4.22. The first-order valence-electron chi connectivity index (χ1n) is 6.96. The Morgan fingerprint density at radius 3 is 3.05 bits per heavy atom. The maximum atomic E-state index is 4.22. The number of nitrogens with zero attached hydrogens (tertiary/aromatic N) is 5. The van der Waals surface area contributed by atoms with Gasteiger partial charge in [0.1, 0.15) is 0 Å². The Hall–Kier alpha value is -1.27. The largest absolute Gasteiger partial charge is 0.288 e. The molecule has 1 aliphatic heterocycles. The van der Waals surface area contributed by atoms with Gasteiger partial charge in [-0.1, -0.05) is 6.07 Å². The van der Waals surface area contributed by atoms with E-state index in [1.54, 1.807) is 0 Å². The summed E-state index contributed by atoms with van der Waals surface area (Å²) < 4.78 is 2.03. The van der Waals surface area contributed by atoms with E-state index in [1.807, 2.05) is 16.0 Å². The molecule has 3 heterocycles. The van der Waals surface area contributed by atoms with Crippen molar-refractivity contribution in [3.8, 4) is 0 Å². The average Bonchev–Trinajstić information content (AvgIpc) is 2.90. The van der Waals surface area contributed by atoms with Crippen LogP contribution in [0.3, 0.4) is 0 Å². The van der Waals surface area contributed by atoms with Gasteiger partial charge >= 0.3 is 0 Å². The molecule has 1 atom stereocenters. The van der Waals surface area contributed by atoms with E-state index in [9.17, 15) is 0 Å². The molecule has 1 saturated heterocycles. The third-order valence-corrected chi connectivity index (χ3v) is 5.01. The normalized spacial score (nSPS) is 24.1. The zero-order chi connectivity index (χ0) is 12.7. The van der Waals surface area contributed by atoms with Gasteiger partial charge in [-0.3, -0.25) is 4.90 Å². The maximum Gasteiger partial charge on any atom is 0.165 e. The minimum absolute atomic E-state index is 0.560. The Bertz CT molecular complexity index is 545. The van der Waals surface area contributed by atoms with Gasteiger partial charge in [-0.15, -0.1) is 16.4 Å². The molecule has 0 N–H and O–H groups in total. The number of hydrogen-bond donors (Lipinski definition) is 0. The van der Waals surface area contributed by atoms with Crippen LogP contribution in [0.25, 0.3) is 0 Å². The highest BCUT2D eigenvalue weighted by molar-refractivity contribution is 7.10. The van der Waals surface area contributed by atoms with Crippen molar-refractivity contribution in [3.05, 3.63) is 28.2 Å². The van der Waals surface area contributed by atoms with Crippen LogP contribution in [0.2, 0.25) is 0 Å². The summed E-state index contributed by atoms with van der Waals surface area (Å²) in [5.41, 5.74) is 0. The standard InChI is InChI=1S/C13H17N5S/c1-3-11(12-4-2-8-19-12)17(7-1)9-13-14-15-16-18(13)10-5-6-10/h2,4,8,10-11H,1,3,5-7,9H2/t11-/m0/s1. The van der Waals surface area contributed by atoms with Crippen molar-refractivity contribution in [1.82, 2.24) is 25.1 Å². The molecule has 0 amide bonds. The third-order valence-electron chi connectivity index (χ3n) is 4.03. The molecular formula is C13H17N5S. The molecule has 2 aliphatic rings. The van der Waals surface area contributed by atoms with Crippen LogP contribution in [0, 0.1) is 0 Å². The molecule has 2 aromatic rings. The van der Waals surface area contributed by atoms with Gasteiger partial charge in [0.25, 0.3) is 0 Å². The van der Waals surface area contributed by atoms with Crippen LogP contribution in [0.4, 0.5) is 0 Å². The molecule has 0 bridgehead atoms. The first-order valence-corrected chi connectivity index (χ1v) is 7.84. The molecule has 0 spiro atoms. The average molecular weight is 275 g/mol. The molecule has 1 saturated carbocycles. The van der Waals surface area contributed by atoms with Crippen molar-refractivity contribution in [1.29, 1.82) is 0 Å². The first kappa shape index (κ1) is 11.5. The van der Waals surface area contributed by atoms with Crippen molar-refractivity contribution in [3.63, 3.8) is 0 Å². The molecule has 5 nitrogen and oxygen atoms in total. The van der Waals surface area contributed by atoms with Crippen LogP contribution >= 0.6 is 11.3 Å². The fourth-order valence-corrected chi connectivity index (χ4v) is 3.81. The van der Waals surface area contributed by atoms with E-state index >= 15 is 0 Å². The first-order chi connectivity index (χ1) is 9.42. The van der Waals surface area contributed by atoms with Crippen molar-refractivity contribution in [2.75, 3.05) is 6.54 Å². The Morgan fingerprint density at radius 1 is 1.32 bits per heavy atom. The molecule has 0 unspecified atom stereocenters. The molecule has 0 aromatic carbocycles. The predicted octanol–water partition coefficient (Wildman–Crippen LogP) is 2.41. The molecule has 1 aliphatic carbocycles. The van der Waals surface area contributed by atoms with E-state index < -0.39 is 0 Å². The van der Waals surface area contributed by atoms with Crippen LogP contribution in [0.5, 0.6) is 0 Å². The predicted molar refractivity (Wildman–Crippen MR) is 72.8 cm³/mol. The van der Waals surface area contributed by atoms with Crippen LogP contribution in [-0.4, -0.2) is 31.7 Å². The topological polar surface area (TPSA) is 46.8 Å². The lowest BCUT2D eigenvalue weighted by atomic mass is 10.2. The summed E-state index contributed by atoms with van der Waals surface area (Å²) in [6.45, 7) is 2.03. The Kier molecular flexibility index (Phi) is 2.85. The van der Waals surface area contributed by atoms with Gasteiger partial charge in [0.2, 0.25) is 0 Å². The van der Waals surface area contributed by atoms with Gasteiger partial charge < -0.3 is 0 Å². The Labute approximate surface area is 116 Å². The second-order valence-corrected chi connectivity index (χ2v) is 6.39. The molecule has 4 rings (SSSR count). The van der Waals surface area contributed by atoms with E-state index in [0.717, 1.165) is 18.9 Å². The van der Waals surface area contributed by atoms with Crippen LogP contribution in [0.15, 0.2) is 17.5 Å². The monoisotopic (exact) mass is 275 g/mol. The van der Waals surface area contributed by atoms with E-state index in [1.165, 1.54) is 30.6 Å². The van der Waals surface area contributed by atoms with E-state index in [2.05, 4.69) is 37.9 Å². The third kappa shape index (κ3) is 2.19. The summed E-state index contributed by atoms with van der Waals surface area (Å²) in [7, 11) is 0.